The van der Waals surface area contributed by atoms with E-state index < -0.39 is 0 Å². The van der Waals surface area contributed by atoms with Gasteiger partial charge in [0.25, 0.3) is 0 Å². The van der Waals surface area contributed by atoms with Gasteiger partial charge in [0.1, 0.15) is 11.6 Å². The molecule has 3 aromatic rings. The van der Waals surface area contributed by atoms with E-state index in [9.17, 15) is 5.26 Å². The molecule has 1 saturated carbocycles. The predicted octanol–water partition coefficient (Wildman–Crippen LogP) is 5.89. The van der Waals surface area contributed by atoms with Crippen LogP contribution in [-0.4, -0.2) is 23.1 Å². The molecule has 0 bridgehead atoms. The molecule has 0 saturated heterocycles. The highest BCUT2D eigenvalue weighted by Gasteiger charge is 2.30. The Morgan fingerprint density at radius 1 is 1.35 bits per heavy atom. The number of aromatic nitrogens is 2. The molecule has 1 aliphatic rings. The number of halogens is 1. The molecule has 158 valence electrons. The number of rotatable bonds is 8. The largest absolute Gasteiger partial charge is 0.497 e. The van der Waals surface area contributed by atoms with Gasteiger partial charge in [0.15, 0.2) is 0 Å². The van der Waals surface area contributed by atoms with Crippen molar-refractivity contribution < 1.29 is 4.74 Å². The first-order valence-corrected chi connectivity index (χ1v) is 10.5. The maximum Gasteiger partial charge on any atom is 0.206 e. The van der Waals surface area contributed by atoms with E-state index in [4.69, 9.17) is 16.3 Å². The van der Waals surface area contributed by atoms with Crippen LogP contribution in [0.25, 0.3) is 5.57 Å². The highest BCUT2D eigenvalue weighted by atomic mass is 35.5. The number of nitriles is 1. The lowest BCUT2D eigenvalue weighted by molar-refractivity contribution is 0.414. The Balaban J connectivity index is 1.56. The minimum Gasteiger partial charge on any atom is -0.497 e. The van der Waals surface area contributed by atoms with Crippen molar-refractivity contribution in [2.45, 2.75) is 32.4 Å². The van der Waals surface area contributed by atoms with Crippen molar-refractivity contribution in [1.29, 1.82) is 5.26 Å². The fourth-order valence-corrected chi connectivity index (χ4v) is 3.78. The van der Waals surface area contributed by atoms with Gasteiger partial charge in [0, 0.05) is 12.6 Å². The number of methoxy groups -OCH3 is 1. The quantitative estimate of drug-likeness (QED) is 0.463. The summed E-state index contributed by atoms with van der Waals surface area (Å²) in [5.74, 6) is 2.36. The molecule has 1 aromatic heterocycles. The average Bonchev–Trinajstić information content (AvgIpc) is 3.52. The van der Waals surface area contributed by atoms with E-state index in [1.54, 1.807) is 19.2 Å². The zero-order valence-electron chi connectivity index (χ0n) is 17.6. The molecule has 0 unspecified atom stereocenters. The lowest BCUT2D eigenvalue weighted by Crippen LogP contribution is -2.25. The summed E-state index contributed by atoms with van der Waals surface area (Å²) in [7, 11) is 1.67. The number of benzene rings is 2. The van der Waals surface area contributed by atoms with Crippen LogP contribution in [0.4, 0.5) is 17.5 Å². The minimum absolute atomic E-state index is 0.496. The summed E-state index contributed by atoms with van der Waals surface area (Å²) in [6.45, 7) is 6.60. The van der Waals surface area contributed by atoms with Crippen molar-refractivity contribution in [3.05, 3.63) is 70.9 Å². The molecule has 0 spiro atoms. The van der Waals surface area contributed by atoms with E-state index in [1.807, 2.05) is 25.3 Å². The number of nitrogens with one attached hydrogen (secondary N) is 2. The smallest absolute Gasteiger partial charge is 0.206 e. The maximum atomic E-state index is 9.35. The van der Waals surface area contributed by atoms with Gasteiger partial charge in [-0.05, 0) is 60.7 Å². The third kappa shape index (κ3) is 4.68. The van der Waals surface area contributed by atoms with Crippen LogP contribution >= 0.6 is 11.6 Å². The topological polar surface area (TPSA) is 77.0 Å². The molecule has 6 nitrogen and oxygen atoms in total. The second kappa shape index (κ2) is 8.75. The monoisotopic (exact) mass is 433 g/mol. The Morgan fingerprint density at radius 2 is 2.10 bits per heavy atom. The Hall–Kier alpha value is -3.43. The summed E-state index contributed by atoms with van der Waals surface area (Å²) >= 11 is 6.55. The molecule has 0 atom stereocenters. The number of hydrogen-bond donors (Lipinski definition) is 2. The molecule has 7 heteroatoms. The van der Waals surface area contributed by atoms with E-state index in [1.165, 1.54) is 5.56 Å². The number of allylic oxidation sites excluding steroid dienone is 1. The molecular weight excluding hydrogens is 410 g/mol. The van der Waals surface area contributed by atoms with Gasteiger partial charge in [0.05, 0.1) is 35.6 Å². The van der Waals surface area contributed by atoms with Gasteiger partial charge in [-0.15, -0.1) is 0 Å². The average molecular weight is 434 g/mol. The zero-order valence-corrected chi connectivity index (χ0v) is 18.3. The summed E-state index contributed by atoms with van der Waals surface area (Å²) in [6, 6.07) is 14.2. The Labute approximate surface area is 187 Å². The van der Waals surface area contributed by atoms with Gasteiger partial charge >= 0.3 is 0 Å². The molecule has 1 aliphatic carbocycles. The van der Waals surface area contributed by atoms with Gasteiger partial charge in [-0.2, -0.15) is 5.26 Å². The van der Waals surface area contributed by atoms with E-state index in [-0.39, 0.29) is 0 Å². The molecule has 0 amide bonds. The molecule has 31 heavy (non-hydrogen) atoms. The van der Waals surface area contributed by atoms with Crippen LogP contribution in [0, 0.1) is 11.3 Å². The van der Waals surface area contributed by atoms with Crippen molar-refractivity contribution in [3.8, 4) is 11.8 Å². The Bertz CT molecular complexity index is 1140. The van der Waals surface area contributed by atoms with Crippen molar-refractivity contribution in [3.63, 3.8) is 0 Å². The van der Waals surface area contributed by atoms with E-state index in [2.05, 4.69) is 45.0 Å². The standard InChI is InChI=1S/C24H24ClN5O/c1-15(2)20-10-17(12-26)11-21(23(20)25)28-24-27-13-22(29-24)30(18-6-7-18)14-16-4-8-19(31-3)9-5-16/h4-5,8-11,13,18H,1,6-7,14H2,2-3H3,(H2,27,28,29). The maximum absolute atomic E-state index is 9.35. The minimum atomic E-state index is 0.496. The van der Waals surface area contributed by atoms with Crippen molar-refractivity contribution in [2.24, 2.45) is 0 Å². The van der Waals surface area contributed by atoms with Gasteiger partial charge in [-0.25, -0.2) is 4.98 Å². The first-order chi connectivity index (χ1) is 15.0. The predicted molar refractivity (Wildman–Crippen MR) is 125 cm³/mol. The molecule has 0 radical (unpaired) electrons. The fraction of sp³-hybridized carbons (Fsp3) is 0.250. The summed E-state index contributed by atoms with van der Waals surface area (Å²) in [4.78, 5) is 10.2. The summed E-state index contributed by atoms with van der Waals surface area (Å²) in [5, 5.41) is 13.1. The van der Waals surface area contributed by atoms with E-state index in [0.29, 0.717) is 28.3 Å². The second-order valence-electron chi connectivity index (χ2n) is 7.73. The molecule has 4 rings (SSSR count). The summed E-state index contributed by atoms with van der Waals surface area (Å²) in [5.41, 5.74) is 3.87. The van der Waals surface area contributed by atoms with Gasteiger partial charge in [0.2, 0.25) is 5.95 Å². The highest BCUT2D eigenvalue weighted by molar-refractivity contribution is 6.35. The molecular formula is C24H24ClN5O. The summed E-state index contributed by atoms with van der Waals surface area (Å²) in [6.07, 6.45) is 4.15. The third-order valence-corrected chi connectivity index (χ3v) is 5.69. The lowest BCUT2D eigenvalue weighted by atomic mass is 10.0. The number of nitrogens with zero attached hydrogens (tertiary/aromatic N) is 3. The van der Waals surface area contributed by atoms with Crippen LogP contribution < -0.4 is 15.0 Å². The van der Waals surface area contributed by atoms with Crippen molar-refractivity contribution >= 4 is 34.6 Å². The number of hydrogen-bond acceptors (Lipinski definition) is 5. The third-order valence-electron chi connectivity index (χ3n) is 5.29. The molecule has 1 fully saturated rings. The van der Waals surface area contributed by atoms with Gasteiger partial charge in [-0.1, -0.05) is 30.3 Å². The Morgan fingerprint density at radius 3 is 2.71 bits per heavy atom. The van der Waals surface area contributed by atoms with Crippen LogP contribution in [0.5, 0.6) is 5.75 Å². The van der Waals surface area contributed by atoms with E-state index >= 15 is 0 Å². The number of anilines is 3. The van der Waals surface area contributed by atoms with Crippen molar-refractivity contribution in [1.82, 2.24) is 9.97 Å². The number of imidazole rings is 1. The van der Waals surface area contributed by atoms with Gasteiger partial charge in [-0.3, -0.25) is 0 Å². The lowest BCUT2D eigenvalue weighted by Gasteiger charge is -2.22. The second-order valence-corrected chi connectivity index (χ2v) is 8.10. The number of ether oxygens (including phenoxy) is 1. The normalized spacial score (nSPS) is 12.8. The van der Waals surface area contributed by atoms with E-state index in [0.717, 1.165) is 42.1 Å². The summed E-state index contributed by atoms with van der Waals surface area (Å²) < 4.78 is 5.25. The molecule has 1 heterocycles. The number of aromatic amines is 1. The highest BCUT2D eigenvalue weighted by Crippen LogP contribution is 2.35. The van der Waals surface area contributed by atoms with Crippen LogP contribution in [0.2, 0.25) is 5.02 Å². The SMILES string of the molecule is C=C(C)c1cc(C#N)cc(Nc2ncc(N(Cc3ccc(OC)cc3)C3CC3)[nH]2)c1Cl. The van der Waals surface area contributed by atoms with Crippen LogP contribution in [0.3, 0.4) is 0 Å². The van der Waals surface area contributed by atoms with Crippen LogP contribution in [0.15, 0.2) is 49.2 Å². The van der Waals surface area contributed by atoms with Crippen LogP contribution in [0.1, 0.15) is 36.5 Å². The zero-order chi connectivity index (χ0) is 22.0. The molecule has 2 N–H and O–H groups in total. The fourth-order valence-electron chi connectivity index (χ4n) is 3.46. The Kier molecular flexibility index (Phi) is 5.88. The number of H-pyrrole nitrogens is 1. The first-order valence-electron chi connectivity index (χ1n) is 10.1. The molecule has 2 aromatic carbocycles. The van der Waals surface area contributed by atoms with Crippen molar-refractivity contribution in [2.75, 3.05) is 17.3 Å². The first kappa shape index (κ1) is 20.8. The van der Waals surface area contributed by atoms with Crippen LogP contribution in [-0.2, 0) is 6.54 Å². The molecule has 0 aliphatic heterocycles. The van der Waals surface area contributed by atoms with Gasteiger partial charge < -0.3 is 19.9 Å².